The lowest BCUT2D eigenvalue weighted by Crippen LogP contribution is -2.38. The quantitative estimate of drug-likeness (QED) is 0.745. The first-order chi connectivity index (χ1) is 7.11. The molecule has 2 rings (SSSR count). The Morgan fingerprint density at radius 2 is 1.80 bits per heavy atom. The first-order valence-corrected chi connectivity index (χ1v) is 5.81. The van der Waals surface area contributed by atoms with Gasteiger partial charge in [0.1, 0.15) is 5.82 Å². The van der Waals surface area contributed by atoms with Crippen LogP contribution in [0.25, 0.3) is 0 Å². The molecule has 0 N–H and O–H groups in total. The van der Waals surface area contributed by atoms with Crippen molar-refractivity contribution in [2.75, 3.05) is 11.4 Å². The molecule has 1 aliphatic heterocycles. The monoisotopic (exact) mass is 208 g/mol. The van der Waals surface area contributed by atoms with Crippen LogP contribution in [0.5, 0.6) is 0 Å². The van der Waals surface area contributed by atoms with Gasteiger partial charge in [-0.3, -0.25) is 4.57 Å². The molecule has 1 aromatic heterocycles. The highest BCUT2D eigenvalue weighted by molar-refractivity contribution is 5.34. The summed E-state index contributed by atoms with van der Waals surface area (Å²) in [6, 6.07) is 0.508. The van der Waals surface area contributed by atoms with Crippen LogP contribution in [0.2, 0.25) is 0 Å². The Bertz CT molecular complexity index is 340. The first-order valence-electron chi connectivity index (χ1n) is 5.81. The molecule has 0 bridgehead atoms. The maximum absolute atomic E-state index is 4.32. The molecule has 0 saturated carbocycles. The number of hydrogen-bond acceptors (Lipinski definition) is 3. The average Bonchev–Trinajstić information content (AvgIpc) is 2.59. The number of rotatable bonds is 2. The number of nitrogens with zero attached hydrogens (tertiary/aromatic N) is 4. The maximum atomic E-state index is 4.32. The third-order valence-corrected chi connectivity index (χ3v) is 2.94. The highest BCUT2D eigenvalue weighted by Gasteiger charge is 2.24. The van der Waals surface area contributed by atoms with Crippen molar-refractivity contribution in [3.8, 4) is 0 Å². The Morgan fingerprint density at radius 1 is 1.07 bits per heavy atom. The highest BCUT2D eigenvalue weighted by Crippen LogP contribution is 2.25. The zero-order valence-corrected chi connectivity index (χ0v) is 10.1. The lowest BCUT2D eigenvalue weighted by molar-refractivity contribution is 0.506. The van der Waals surface area contributed by atoms with Gasteiger partial charge in [0.25, 0.3) is 0 Å². The van der Waals surface area contributed by atoms with Crippen LogP contribution in [0.4, 0.5) is 5.95 Å². The van der Waals surface area contributed by atoms with Gasteiger partial charge in [-0.25, -0.2) is 0 Å². The number of aromatic nitrogens is 3. The van der Waals surface area contributed by atoms with E-state index in [2.05, 4.69) is 47.4 Å². The Hall–Kier alpha value is -1.06. The molecule has 0 fully saturated rings. The molecular weight excluding hydrogens is 188 g/mol. The SMILES string of the molecule is CC(C)c1nnc2n1CCCN2C(C)C. The second-order valence-electron chi connectivity index (χ2n) is 4.81. The minimum Gasteiger partial charge on any atom is -0.338 e. The van der Waals surface area contributed by atoms with E-state index in [1.165, 1.54) is 6.42 Å². The van der Waals surface area contributed by atoms with Crippen LogP contribution in [0, 0.1) is 0 Å². The van der Waals surface area contributed by atoms with Gasteiger partial charge in [0.2, 0.25) is 5.95 Å². The topological polar surface area (TPSA) is 34.0 Å². The van der Waals surface area contributed by atoms with Gasteiger partial charge in [-0.1, -0.05) is 13.8 Å². The summed E-state index contributed by atoms with van der Waals surface area (Å²) in [5.41, 5.74) is 0. The van der Waals surface area contributed by atoms with Crippen molar-refractivity contribution in [1.29, 1.82) is 0 Å². The molecule has 15 heavy (non-hydrogen) atoms. The Morgan fingerprint density at radius 3 is 2.40 bits per heavy atom. The third kappa shape index (κ3) is 1.73. The van der Waals surface area contributed by atoms with E-state index in [-0.39, 0.29) is 0 Å². The maximum Gasteiger partial charge on any atom is 0.227 e. The van der Waals surface area contributed by atoms with Crippen molar-refractivity contribution < 1.29 is 0 Å². The molecule has 0 aromatic carbocycles. The largest absolute Gasteiger partial charge is 0.338 e. The van der Waals surface area contributed by atoms with E-state index in [1.807, 2.05) is 0 Å². The molecule has 2 heterocycles. The standard InChI is InChI=1S/C11H20N4/c1-8(2)10-12-13-11-14(9(3)4)6-5-7-15(10)11/h8-9H,5-7H2,1-4H3. The molecule has 1 aliphatic rings. The van der Waals surface area contributed by atoms with E-state index in [0.717, 1.165) is 24.9 Å². The van der Waals surface area contributed by atoms with Crippen LogP contribution >= 0.6 is 0 Å². The van der Waals surface area contributed by atoms with Crippen molar-refractivity contribution in [3.63, 3.8) is 0 Å². The number of hydrogen-bond donors (Lipinski definition) is 0. The zero-order valence-electron chi connectivity index (χ0n) is 10.1. The van der Waals surface area contributed by atoms with Crippen molar-refractivity contribution in [3.05, 3.63) is 5.82 Å². The van der Waals surface area contributed by atoms with Gasteiger partial charge in [-0.2, -0.15) is 0 Å². The molecule has 0 unspecified atom stereocenters. The number of fused-ring (bicyclic) bond motifs is 1. The van der Waals surface area contributed by atoms with E-state index in [1.54, 1.807) is 0 Å². The average molecular weight is 208 g/mol. The fraction of sp³-hybridized carbons (Fsp3) is 0.818. The summed E-state index contributed by atoms with van der Waals surface area (Å²) in [5.74, 6) is 2.63. The van der Waals surface area contributed by atoms with Crippen LogP contribution in [0.1, 0.15) is 45.9 Å². The first kappa shape index (κ1) is 10.5. The Kier molecular flexibility index (Phi) is 2.67. The van der Waals surface area contributed by atoms with E-state index in [0.29, 0.717) is 12.0 Å². The van der Waals surface area contributed by atoms with E-state index in [9.17, 15) is 0 Å². The van der Waals surface area contributed by atoms with Crippen LogP contribution in [-0.2, 0) is 6.54 Å². The minimum absolute atomic E-state index is 0.457. The second kappa shape index (κ2) is 3.83. The molecule has 1 aromatic rings. The van der Waals surface area contributed by atoms with Crippen LogP contribution in [0.3, 0.4) is 0 Å². The minimum atomic E-state index is 0.457. The molecule has 84 valence electrons. The van der Waals surface area contributed by atoms with Gasteiger partial charge in [0.05, 0.1) is 0 Å². The normalized spacial score (nSPS) is 16.3. The lowest BCUT2D eigenvalue weighted by atomic mass is 10.2. The summed E-state index contributed by atoms with van der Waals surface area (Å²) >= 11 is 0. The summed E-state index contributed by atoms with van der Waals surface area (Å²) in [6.07, 6.45) is 1.20. The summed E-state index contributed by atoms with van der Waals surface area (Å²) in [6.45, 7) is 10.9. The van der Waals surface area contributed by atoms with Crippen molar-refractivity contribution >= 4 is 5.95 Å². The summed E-state index contributed by atoms with van der Waals surface area (Å²) in [7, 11) is 0. The molecular formula is C11H20N4. The Labute approximate surface area is 91.3 Å². The van der Waals surface area contributed by atoms with E-state index in [4.69, 9.17) is 0 Å². The number of anilines is 1. The van der Waals surface area contributed by atoms with Gasteiger partial charge in [-0.05, 0) is 20.3 Å². The van der Waals surface area contributed by atoms with Crippen molar-refractivity contribution in [2.24, 2.45) is 0 Å². The van der Waals surface area contributed by atoms with Crippen molar-refractivity contribution in [1.82, 2.24) is 14.8 Å². The summed E-state index contributed by atoms with van der Waals surface area (Å²) in [4.78, 5) is 2.34. The smallest absolute Gasteiger partial charge is 0.227 e. The molecule has 0 atom stereocenters. The molecule has 4 nitrogen and oxygen atoms in total. The van der Waals surface area contributed by atoms with Gasteiger partial charge < -0.3 is 4.90 Å². The molecule has 0 radical (unpaired) electrons. The van der Waals surface area contributed by atoms with Gasteiger partial charge in [0.15, 0.2) is 0 Å². The summed E-state index contributed by atoms with van der Waals surface area (Å²) in [5, 5.41) is 8.62. The van der Waals surface area contributed by atoms with Gasteiger partial charge in [-0.15, -0.1) is 10.2 Å². The predicted molar refractivity (Wildman–Crippen MR) is 61.2 cm³/mol. The van der Waals surface area contributed by atoms with Crippen molar-refractivity contribution in [2.45, 2.75) is 52.6 Å². The van der Waals surface area contributed by atoms with Crippen LogP contribution < -0.4 is 4.90 Å². The fourth-order valence-corrected chi connectivity index (χ4v) is 2.15. The van der Waals surface area contributed by atoms with Crippen LogP contribution in [-0.4, -0.2) is 27.4 Å². The Balaban J connectivity index is 2.38. The predicted octanol–water partition coefficient (Wildman–Crippen LogP) is 2.02. The summed E-state index contributed by atoms with van der Waals surface area (Å²) < 4.78 is 2.27. The van der Waals surface area contributed by atoms with Gasteiger partial charge >= 0.3 is 0 Å². The lowest BCUT2D eigenvalue weighted by Gasteiger charge is -2.32. The fourth-order valence-electron chi connectivity index (χ4n) is 2.15. The van der Waals surface area contributed by atoms with Crippen LogP contribution in [0.15, 0.2) is 0 Å². The molecule has 0 amide bonds. The second-order valence-corrected chi connectivity index (χ2v) is 4.81. The highest BCUT2D eigenvalue weighted by atomic mass is 15.4. The van der Waals surface area contributed by atoms with E-state index >= 15 is 0 Å². The third-order valence-electron chi connectivity index (χ3n) is 2.94. The molecule has 4 heteroatoms. The molecule has 0 spiro atoms. The molecule has 0 aliphatic carbocycles. The van der Waals surface area contributed by atoms with E-state index < -0.39 is 0 Å². The zero-order chi connectivity index (χ0) is 11.0. The van der Waals surface area contributed by atoms with Gasteiger partial charge in [0, 0.05) is 25.0 Å². The molecule has 0 saturated heterocycles.